The number of nitrogens with one attached hydrogen (secondary N) is 2. The number of hydrogen-bond donors (Lipinski definition) is 2. The summed E-state index contributed by atoms with van der Waals surface area (Å²) in [5.74, 6) is 0.383. The molecule has 1 aliphatic heterocycles. The van der Waals surface area contributed by atoms with Crippen LogP contribution in [-0.2, 0) is 10.9 Å². The summed E-state index contributed by atoms with van der Waals surface area (Å²) in [4.78, 5) is 4.10. The van der Waals surface area contributed by atoms with Crippen LogP contribution in [0.5, 0.6) is 0 Å². The van der Waals surface area contributed by atoms with Gasteiger partial charge in [-0.15, -0.1) is 0 Å². The third-order valence-corrected chi connectivity index (χ3v) is 3.31. The van der Waals surface area contributed by atoms with Gasteiger partial charge in [0.1, 0.15) is 11.6 Å². The summed E-state index contributed by atoms with van der Waals surface area (Å²) in [6, 6.07) is 1.92. The second kappa shape index (κ2) is 5.87. The van der Waals surface area contributed by atoms with Crippen molar-refractivity contribution < 1.29 is 17.9 Å². The summed E-state index contributed by atoms with van der Waals surface area (Å²) in [5.41, 5.74) is -0.723. The molecule has 2 heterocycles. The van der Waals surface area contributed by atoms with Crippen molar-refractivity contribution in [2.24, 2.45) is 0 Å². The summed E-state index contributed by atoms with van der Waals surface area (Å²) in [6.45, 7) is 2.59. The molecule has 1 aromatic rings. The lowest BCUT2D eigenvalue weighted by molar-refractivity contribution is -0.137. The van der Waals surface area contributed by atoms with Gasteiger partial charge < -0.3 is 15.4 Å². The van der Waals surface area contributed by atoms with Crippen molar-refractivity contribution >= 4 is 11.6 Å². The molecular formula is C13H18F3N3O. The van der Waals surface area contributed by atoms with Gasteiger partial charge >= 0.3 is 6.18 Å². The summed E-state index contributed by atoms with van der Waals surface area (Å²) in [5, 5.41) is 5.64. The molecule has 0 aliphatic carbocycles. The van der Waals surface area contributed by atoms with Crippen LogP contribution in [0.2, 0.25) is 0 Å². The van der Waals surface area contributed by atoms with Crippen molar-refractivity contribution in [1.82, 2.24) is 4.98 Å². The number of pyridine rings is 1. The fraction of sp³-hybridized carbons (Fsp3) is 0.615. The van der Waals surface area contributed by atoms with Crippen LogP contribution in [0.1, 0.15) is 25.3 Å². The first kappa shape index (κ1) is 14.9. The Morgan fingerprint density at radius 2 is 2.05 bits per heavy atom. The van der Waals surface area contributed by atoms with Crippen LogP contribution in [0.15, 0.2) is 12.1 Å². The fourth-order valence-electron chi connectivity index (χ4n) is 2.22. The van der Waals surface area contributed by atoms with E-state index in [-0.39, 0.29) is 23.8 Å². The van der Waals surface area contributed by atoms with Crippen molar-refractivity contribution in [2.75, 3.05) is 24.3 Å². The number of halogens is 3. The lowest BCUT2D eigenvalue weighted by Gasteiger charge is -2.21. The second-order valence-electron chi connectivity index (χ2n) is 4.86. The van der Waals surface area contributed by atoms with E-state index in [9.17, 15) is 13.2 Å². The number of ether oxygens (including phenoxy) is 1. The van der Waals surface area contributed by atoms with Gasteiger partial charge in [-0.25, -0.2) is 4.98 Å². The van der Waals surface area contributed by atoms with Crippen molar-refractivity contribution in [3.8, 4) is 0 Å². The van der Waals surface area contributed by atoms with Gasteiger partial charge in [0.2, 0.25) is 0 Å². The van der Waals surface area contributed by atoms with Gasteiger partial charge in [-0.1, -0.05) is 0 Å². The molecule has 0 radical (unpaired) electrons. The second-order valence-corrected chi connectivity index (χ2v) is 4.86. The van der Waals surface area contributed by atoms with Gasteiger partial charge in [0, 0.05) is 13.7 Å². The van der Waals surface area contributed by atoms with Gasteiger partial charge in [0.25, 0.3) is 0 Å². The number of alkyl halides is 3. The molecule has 0 aromatic carbocycles. The standard InChI is InChI=1S/C13H18F3N3O/c1-8(10-4-3-5-20-10)18-12-7-9(13(14,15)16)6-11(17-2)19-12/h6-8,10H,3-5H2,1-2H3,(H2,17,18,19). The van der Waals surface area contributed by atoms with E-state index in [4.69, 9.17) is 4.74 Å². The first-order chi connectivity index (χ1) is 9.40. The molecule has 20 heavy (non-hydrogen) atoms. The quantitative estimate of drug-likeness (QED) is 0.894. The average molecular weight is 289 g/mol. The smallest absolute Gasteiger partial charge is 0.376 e. The summed E-state index contributed by atoms with van der Waals surface area (Å²) < 4.78 is 44.0. The van der Waals surface area contributed by atoms with Gasteiger partial charge in [-0.05, 0) is 31.9 Å². The first-order valence-corrected chi connectivity index (χ1v) is 6.55. The Bertz CT molecular complexity index is 459. The number of aromatic nitrogens is 1. The highest BCUT2D eigenvalue weighted by Gasteiger charge is 2.32. The number of nitrogens with zero attached hydrogens (tertiary/aromatic N) is 1. The van der Waals surface area contributed by atoms with Crippen LogP contribution in [0, 0.1) is 0 Å². The molecule has 1 saturated heterocycles. The molecule has 2 N–H and O–H groups in total. The molecule has 2 atom stereocenters. The highest BCUT2D eigenvalue weighted by atomic mass is 19.4. The SMILES string of the molecule is CNc1cc(C(F)(F)F)cc(NC(C)C2CCCO2)n1. The van der Waals surface area contributed by atoms with Crippen LogP contribution < -0.4 is 10.6 Å². The maximum absolute atomic E-state index is 12.8. The molecule has 2 rings (SSSR count). The Morgan fingerprint density at radius 3 is 2.60 bits per heavy atom. The monoisotopic (exact) mass is 289 g/mol. The van der Waals surface area contributed by atoms with E-state index in [1.165, 1.54) is 7.05 Å². The maximum atomic E-state index is 12.8. The van der Waals surface area contributed by atoms with Crippen molar-refractivity contribution in [3.63, 3.8) is 0 Å². The largest absolute Gasteiger partial charge is 0.416 e. The molecule has 0 bridgehead atoms. The summed E-state index contributed by atoms with van der Waals surface area (Å²) in [6.07, 6.45) is -2.48. The fourth-order valence-corrected chi connectivity index (χ4v) is 2.22. The van der Waals surface area contributed by atoms with Gasteiger partial charge in [0.05, 0.1) is 17.7 Å². The van der Waals surface area contributed by atoms with Crippen LogP contribution in [-0.4, -0.2) is 30.8 Å². The molecule has 1 aromatic heterocycles. The maximum Gasteiger partial charge on any atom is 0.416 e. The third kappa shape index (κ3) is 3.53. The normalized spacial score (nSPS) is 20.8. The Balaban J connectivity index is 2.17. The molecule has 2 unspecified atom stereocenters. The van der Waals surface area contributed by atoms with Crippen molar-refractivity contribution in [3.05, 3.63) is 17.7 Å². The molecule has 0 amide bonds. The Morgan fingerprint density at radius 1 is 1.35 bits per heavy atom. The number of hydrogen-bond acceptors (Lipinski definition) is 4. The van der Waals surface area contributed by atoms with Gasteiger partial charge in [-0.3, -0.25) is 0 Å². The minimum Gasteiger partial charge on any atom is -0.376 e. The molecule has 7 heteroatoms. The molecule has 112 valence electrons. The van der Waals surface area contributed by atoms with E-state index in [1.54, 1.807) is 0 Å². The van der Waals surface area contributed by atoms with Crippen molar-refractivity contribution in [2.45, 2.75) is 38.1 Å². The van der Waals surface area contributed by atoms with E-state index in [1.807, 2.05) is 6.92 Å². The predicted octanol–water partition coefficient (Wildman–Crippen LogP) is 3.12. The molecule has 1 fully saturated rings. The summed E-state index contributed by atoms with van der Waals surface area (Å²) >= 11 is 0. The van der Waals surface area contributed by atoms with Gasteiger partial charge in [-0.2, -0.15) is 13.2 Å². The van der Waals surface area contributed by atoms with E-state index in [2.05, 4.69) is 15.6 Å². The van der Waals surface area contributed by atoms with Crippen LogP contribution in [0.4, 0.5) is 24.8 Å². The van der Waals surface area contributed by atoms with Gasteiger partial charge in [0.15, 0.2) is 0 Å². The number of rotatable bonds is 4. The molecule has 0 saturated carbocycles. The zero-order chi connectivity index (χ0) is 14.8. The Kier molecular flexibility index (Phi) is 4.37. The average Bonchev–Trinajstić information content (AvgIpc) is 2.91. The first-order valence-electron chi connectivity index (χ1n) is 6.55. The summed E-state index contributed by atoms with van der Waals surface area (Å²) in [7, 11) is 1.54. The highest BCUT2D eigenvalue weighted by molar-refractivity contribution is 5.50. The lowest BCUT2D eigenvalue weighted by atomic mass is 10.1. The Hall–Kier alpha value is -1.50. The minimum absolute atomic E-state index is 0.0179. The zero-order valence-electron chi connectivity index (χ0n) is 11.4. The highest BCUT2D eigenvalue weighted by Crippen LogP contribution is 2.32. The minimum atomic E-state index is -4.39. The lowest BCUT2D eigenvalue weighted by Crippen LogP contribution is -2.30. The van der Waals surface area contributed by atoms with E-state index < -0.39 is 11.7 Å². The van der Waals surface area contributed by atoms with E-state index in [0.29, 0.717) is 6.61 Å². The molecular weight excluding hydrogens is 271 g/mol. The molecule has 1 aliphatic rings. The van der Waals surface area contributed by atoms with Crippen LogP contribution >= 0.6 is 0 Å². The molecule has 0 spiro atoms. The van der Waals surface area contributed by atoms with Crippen molar-refractivity contribution in [1.29, 1.82) is 0 Å². The topological polar surface area (TPSA) is 46.2 Å². The van der Waals surface area contributed by atoms with E-state index in [0.717, 1.165) is 25.0 Å². The van der Waals surface area contributed by atoms with Crippen LogP contribution in [0.3, 0.4) is 0 Å². The number of anilines is 2. The third-order valence-electron chi connectivity index (χ3n) is 3.31. The Labute approximate surface area is 115 Å². The predicted molar refractivity (Wildman–Crippen MR) is 70.8 cm³/mol. The van der Waals surface area contributed by atoms with Crippen LogP contribution in [0.25, 0.3) is 0 Å². The van der Waals surface area contributed by atoms with E-state index >= 15 is 0 Å². The zero-order valence-corrected chi connectivity index (χ0v) is 11.4. The molecule has 4 nitrogen and oxygen atoms in total.